The fourth-order valence-electron chi connectivity index (χ4n) is 2.57. The van der Waals surface area contributed by atoms with E-state index in [1.165, 1.54) is 23.5 Å². The zero-order valence-electron chi connectivity index (χ0n) is 12.1. The molecule has 4 nitrogen and oxygen atoms in total. The summed E-state index contributed by atoms with van der Waals surface area (Å²) >= 11 is 7.01. The lowest BCUT2D eigenvalue weighted by atomic mass is 10.2. The van der Waals surface area contributed by atoms with E-state index in [2.05, 4.69) is 5.32 Å². The van der Waals surface area contributed by atoms with Crippen molar-refractivity contribution in [2.75, 3.05) is 6.54 Å². The van der Waals surface area contributed by atoms with Gasteiger partial charge in [-0.15, -0.1) is 11.3 Å². The minimum Gasteiger partial charge on any atom is -0.346 e. The van der Waals surface area contributed by atoms with Crippen LogP contribution in [0.15, 0.2) is 36.4 Å². The topological polar surface area (TPSA) is 49.4 Å². The van der Waals surface area contributed by atoms with Crippen LogP contribution in [-0.2, 0) is 11.3 Å². The highest BCUT2D eigenvalue weighted by molar-refractivity contribution is 7.18. The van der Waals surface area contributed by atoms with E-state index in [0.29, 0.717) is 22.3 Å². The number of nitrogens with one attached hydrogen (secondary N) is 1. The predicted molar refractivity (Wildman–Crippen MR) is 87.0 cm³/mol. The van der Waals surface area contributed by atoms with Gasteiger partial charge in [-0.2, -0.15) is 0 Å². The highest BCUT2D eigenvalue weighted by atomic mass is 35.5. The fraction of sp³-hybridized carbons (Fsp3) is 0.250. The summed E-state index contributed by atoms with van der Waals surface area (Å²) in [6.45, 7) is 0.758. The molecule has 2 amide bonds. The molecule has 1 aliphatic heterocycles. The minimum atomic E-state index is -0.325. The number of halogens is 2. The Morgan fingerprint density at radius 2 is 2.22 bits per heavy atom. The zero-order valence-corrected chi connectivity index (χ0v) is 13.7. The van der Waals surface area contributed by atoms with E-state index >= 15 is 0 Å². The summed E-state index contributed by atoms with van der Waals surface area (Å²) in [4.78, 5) is 26.3. The molecule has 1 aromatic carbocycles. The van der Waals surface area contributed by atoms with Crippen LogP contribution in [0.3, 0.4) is 0 Å². The quantitative estimate of drug-likeness (QED) is 0.919. The summed E-state index contributed by atoms with van der Waals surface area (Å²) in [5.41, 5.74) is 0.732. The van der Waals surface area contributed by atoms with Gasteiger partial charge in [0.1, 0.15) is 5.82 Å². The molecule has 1 aliphatic rings. The van der Waals surface area contributed by atoms with Crippen LogP contribution in [0, 0.1) is 5.82 Å². The monoisotopic (exact) mass is 352 g/mol. The first-order valence-corrected chi connectivity index (χ1v) is 8.29. The van der Waals surface area contributed by atoms with Gasteiger partial charge >= 0.3 is 0 Å². The Morgan fingerprint density at radius 3 is 2.91 bits per heavy atom. The molecule has 1 unspecified atom stereocenters. The van der Waals surface area contributed by atoms with Crippen molar-refractivity contribution in [3.05, 3.63) is 57.0 Å². The van der Waals surface area contributed by atoms with Crippen LogP contribution in [0.25, 0.3) is 0 Å². The van der Waals surface area contributed by atoms with Gasteiger partial charge in [0.2, 0.25) is 5.91 Å². The number of thiophene rings is 1. The molecule has 0 saturated carbocycles. The maximum Gasteiger partial charge on any atom is 0.261 e. The molecule has 120 valence electrons. The van der Waals surface area contributed by atoms with Crippen LogP contribution in [0.2, 0.25) is 4.34 Å². The number of hydrogen-bond donors (Lipinski definition) is 1. The van der Waals surface area contributed by atoms with Crippen molar-refractivity contribution in [3.63, 3.8) is 0 Å². The Morgan fingerprint density at radius 1 is 1.39 bits per heavy atom. The van der Waals surface area contributed by atoms with Crippen molar-refractivity contribution < 1.29 is 14.0 Å². The molecule has 23 heavy (non-hydrogen) atoms. The standard InChI is InChI=1S/C16H14ClFN2O2S/c17-14-5-4-13(23-14)16(22)19-12-7-15(21)20(9-12)8-10-2-1-3-11(18)6-10/h1-6,12H,7-9H2,(H,19,22). The molecule has 1 aromatic heterocycles. The molecule has 1 saturated heterocycles. The van der Waals surface area contributed by atoms with Crippen molar-refractivity contribution in [3.8, 4) is 0 Å². The lowest BCUT2D eigenvalue weighted by molar-refractivity contribution is -0.128. The van der Waals surface area contributed by atoms with Gasteiger partial charge in [0.25, 0.3) is 5.91 Å². The SMILES string of the molecule is O=C(NC1CC(=O)N(Cc2cccc(F)c2)C1)c1ccc(Cl)s1. The normalized spacial score (nSPS) is 17.6. The molecular weight excluding hydrogens is 339 g/mol. The molecule has 0 spiro atoms. The average molecular weight is 353 g/mol. The Hall–Kier alpha value is -1.92. The van der Waals surface area contributed by atoms with Crippen molar-refractivity contribution in [1.82, 2.24) is 10.2 Å². The van der Waals surface area contributed by atoms with E-state index in [1.807, 2.05) is 0 Å². The van der Waals surface area contributed by atoms with Crippen LogP contribution in [0.1, 0.15) is 21.7 Å². The second kappa shape index (κ2) is 6.68. The molecule has 3 rings (SSSR count). The zero-order chi connectivity index (χ0) is 16.4. The van der Waals surface area contributed by atoms with Gasteiger partial charge in [-0.3, -0.25) is 9.59 Å². The van der Waals surface area contributed by atoms with Gasteiger partial charge in [-0.1, -0.05) is 23.7 Å². The van der Waals surface area contributed by atoms with Crippen molar-refractivity contribution in [2.45, 2.75) is 19.0 Å². The molecule has 0 aliphatic carbocycles. The van der Waals surface area contributed by atoms with Gasteiger partial charge < -0.3 is 10.2 Å². The number of amides is 2. The number of carbonyl (C=O) groups excluding carboxylic acids is 2. The summed E-state index contributed by atoms with van der Waals surface area (Å²) < 4.78 is 13.8. The number of rotatable bonds is 4. The molecule has 0 radical (unpaired) electrons. The average Bonchev–Trinajstić information content (AvgIpc) is 3.06. The fourth-order valence-corrected chi connectivity index (χ4v) is 3.52. The molecule has 7 heteroatoms. The summed E-state index contributed by atoms with van der Waals surface area (Å²) in [6.07, 6.45) is 0.250. The van der Waals surface area contributed by atoms with E-state index in [1.54, 1.807) is 29.2 Å². The molecule has 0 bridgehead atoms. The molecular formula is C16H14ClFN2O2S. The first kappa shape index (κ1) is 16.0. The van der Waals surface area contributed by atoms with Gasteiger partial charge in [-0.25, -0.2) is 4.39 Å². The van der Waals surface area contributed by atoms with E-state index in [4.69, 9.17) is 11.6 Å². The first-order chi connectivity index (χ1) is 11.0. The summed E-state index contributed by atoms with van der Waals surface area (Å²) in [5.74, 6) is -0.607. The number of carbonyl (C=O) groups is 2. The summed E-state index contributed by atoms with van der Waals surface area (Å²) in [6, 6.07) is 9.24. The first-order valence-electron chi connectivity index (χ1n) is 7.09. The van der Waals surface area contributed by atoms with Crippen molar-refractivity contribution in [1.29, 1.82) is 0 Å². The minimum absolute atomic E-state index is 0.0521. The van der Waals surface area contributed by atoms with E-state index in [0.717, 1.165) is 5.56 Å². The number of hydrogen-bond acceptors (Lipinski definition) is 3. The number of likely N-dealkylation sites (tertiary alicyclic amines) is 1. The molecule has 1 N–H and O–H groups in total. The van der Waals surface area contributed by atoms with Crippen LogP contribution in [0.5, 0.6) is 0 Å². The van der Waals surface area contributed by atoms with E-state index in [9.17, 15) is 14.0 Å². The van der Waals surface area contributed by atoms with Crippen LogP contribution in [0.4, 0.5) is 4.39 Å². The van der Waals surface area contributed by atoms with Gasteiger partial charge in [0.15, 0.2) is 0 Å². The van der Waals surface area contributed by atoms with E-state index in [-0.39, 0.29) is 30.1 Å². The Labute approximate surface area is 141 Å². The summed E-state index contributed by atoms with van der Waals surface area (Å²) in [7, 11) is 0. The maximum atomic E-state index is 13.2. The van der Waals surface area contributed by atoms with Gasteiger partial charge in [-0.05, 0) is 29.8 Å². The van der Waals surface area contributed by atoms with Crippen molar-refractivity contribution >= 4 is 34.8 Å². The lowest BCUT2D eigenvalue weighted by Crippen LogP contribution is -2.36. The lowest BCUT2D eigenvalue weighted by Gasteiger charge is -2.17. The molecule has 1 atom stereocenters. The molecule has 2 aromatic rings. The maximum absolute atomic E-state index is 13.2. The third-order valence-electron chi connectivity index (χ3n) is 3.61. The third-order valence-corrected chi connectivity index (χ3v) is 4.84. The van der Waals surface area contributed by atoms with Crippen molar-refractivity contribution in [2.24, 2.45) is 0 Å². The van der Waals surface area contributed by atoms with E-state index < -0.39 is 0 Å². The predicted octanol–water partition coefficient (Wildman–Crippen LogP) is 3.07. The smallest absolute Gasteiger partial charge is 0.261 e. The molecule has 1 fully saturated rings. The number of nitrogens with zero attached hydrogens (tertiary/aromatic N) is 1. The Bertz CT molecular complexity index is 749. The second-order valence-electron chi connectivity index (χ2n) is 5.38. The van der Waals surface area contributed by atoms with Gasteiger partial charge in [0, 0.05) is 19.5 Å². The second-order valence-corrected chi connectivity index (χ2v) is 7.10. The van der Waals surface area contributed by atoms with Gasteiger partial charge in [0.05, 0.1) is 15.3 Å². The Balaban J connectivity index is 1.60. The highest BCUT2D eigenvalue weighted by Gasteiger charge is 2.31. The molecule has 2 heterocycles. The van der Waals surface area contributed by atoms with Crippen LogP contribution in [-0.4, -0.2) is 29.3 Å². The van der Waals surface area contributed by atoms with Crippen LogP contribution >= 0.6 is 22.9 Å². The number of benzene rings is 1. The Kier molecular flexibility index (Phi) is 4.63. The largest absolute Gasteiger partial charge is 0.346 e. The third kappa shape index (κ3) is 3.89. The highest BCUT2D eigenvalue weighted by Crippen LogP contribution is 2.22. The summed E-state index contributed by atoms with van der Waals surface area (Å²) in [5, 5.41) is 2.84. The van der Waals surface area contributed by atoms with Crippen LogP contribution < -0.4 is 5.32 Å².